The molecule has 0 aromatic carbocycles. The van der Waals surface area contributed by atoms with Crippen molar-refractivity contribution >= 4 is 29.6 Å². The lowest BCUT2D eigenvalue weighted by Crippen LogP contribution is -2.08. The van der Waals surface area contributed by atoms with Crippen molar-refractivity contribution in [1.82, 2.24) is 4.98 Å². The van der Waals surface area contributed by atoms with Crippen LogP contribution >= 0.6 is 11.6 Å². The van der Waals surface area contributed by atoms with Gasteiger partial charge in [0.2, 0.25) is 5.91 Å². The number of hydrogen-bond acceptors (Lipinski definition) is 4. The van der Waals surface area contributed by atoms with E-state index in [1.165, 1.54) is 19.4 Å². The van der Waals surface area contributed by atoms with Crippen molar-refractivity contribution in [2.45, 2.75) is 6.42 Å². The number of esters is 1. The highest BCUT2D eigenvalue weighted by Crippen LogP contribution is 2.16. The van der Waals surface area contributed by atoms with Gasteiger partial charge in [-0.2, -0.15) is 0 Å². The van der Waals surface area contributed by atoms with E-state index in [9.17, 15) is 9.59 Å². The van der Waals surface area contributed by atoms with Gasteiger partial charge in [0, 0.05) is 12.6 Å². The molecule has 0 saturated carbocycles. The molecule has 1 heterocycles. The lowest BCUT2D eigenvalue weighted by Gasteiger charge is -2.02. The third-order valence-electron chi connectivity index (χ3n) is 1.89. The summed E-state index contributed by atoms with van der Waals surface area (Å²) < 4.78 is 4.55. The van der Waals surface area contributed by atoms with E-state index in [1.54, 1.807) is 12.2 Å². The molecular weight excluding hydrogens is 244 g/mol. The summed E-state index contributed by atoms with van der Waals surface area (Å²) in [6, 6.07) is 1.53. The highest BCUT2D eigenvalue weighted by Gasteiger charge is 2.11. The van der Waals surface area contributed by atoms with E-state index in [4.69, 9.17) is 17.3 Å². The fraction of sp³-hybridized carbons (Fsp3) is 0.182. The van der Waals surface area contributed by atoms with Crippen molar-refractivity contribution in [3.8, 4) is 0 Å². The minimum atomic E-state index is -0.562. The van der Waals surface area contributed by atoms with Crippen LogP contribution in [0.25, 0.3) is 6.08 Å². The smallest absolute Gasteiger partial charge is 0.341 e. The second-order valence-corrected chi connectivity index (χ2v) is 3.53. The lowest BCUT2D eigenvalue weighted by atomic mass is 10.2. The Morgan fingerprint density at radius 3 is 2.88 bits per heavy atom. The topological polar surface area (TPSA) is 82.3 Å². The van der Waals surface area contributed by atoms with Crippen LogP contribution in [0, 0.1) is 0 Å². The number of primary amides is 1. The van der Waals surface area contributed by atoms with Gasteiger partial charge in [-0.25, -0.2) is 9.78 Å². The Bertz CT molecular complexity index is 472. The summed E-state index contributed by atoms with van der Waals surface area (Å²) in [4.78, 5) is 25.7. The number of ether oxygens (including phenoxy) is 1. The molecule has 90 valence electrons. The number of carbonyl (C=O) groups excluding carboxylic acids is 2. The lowest BCUT2D eigenvalue weighted by molar-refractivity contribution is -0.117. The number of rotatable bonds is 4. The molecule has 1 rings (SSSR count). The van der Waals surface area contributed by atoms with E-state index in [-0.39, 0.29) is 17.1 Å². The molecule has 17 heavy (non-hydrogen) atoms. The molecule has 0 spiro atoms. The molecule has 0 saturated heterocycles. The van der Waals surface area contributed by atoms with Crippen LogP contribution in [0.1, 0.15) is 22.3 Å². The maximum atomic E-state index is 11.3. The van der Waals surface area contributed by atoms with Crippen LogP contribution in [0.2, 0.25) is 5.15 Å². The van der Waals surface area contributed by atoms with Crippen molar-refractivity contribution in [2.75, 3.05) is 7.11 Å². The maximum Gasteiger partial charge on any atom is 0.341 e. The quantitative estimate of drug-likeness (QED) is 0.651. The first-order valence-electron chi connectivity index (χ1n) is 4.73. The molecule has 2 N–H and O–H groups in total. The molecule has 0 atom stereocenters. The summed E-state index contributed by atoms with van der Waals surface area (Å²) in [5, 5.41) is 0.0731. The van der Waals surface area contributed by atoms with Crippen LogP contribution in [0.15, 0.2) is 18.3 Å². The molecule has 1 amide bonds. The first-order valence-corrected chi connectivity index (χ1v) is 5.11. The van der Waals surface area contributed by atoms with Crippen LogP contribution < -0.4 is 5.73 Å². The molecule has 1 aromatic rings. The molecule has 6 heteroatoms. The van der Waals surface area contributed by atoms with E-state index in [0.29, 0.717) is 5.56 Å². The van der Waals surface area contributed by atoms with Gasteiger partial charge in [0.15, 0.2) is 0 Å². The minimum Gasteiger partial charge on any atom is -0.465 e. The van der Waals surface area contributed by atoms with Crippen molar-refractivity contribution in [1.29, 1.82) is 0 Å². The number of nitrogens with zero attached hydrogens (tertiary/aromatic N) is 1. The van der Waals surface area contributed by atoms with Gasteiger partial charge in [-0.1, -0.05) is 23.8 Å². The van der Waals surface area contributed by atoms with E-state index in [0.717, 1.165) is 0 Å². The summed E-state index contributed by atoms with van der Waals surface area (Å²) in [7, 11) is 1.26. The summed E-state index contributed by atoms with van der Waals surface area (Å²) >= 11 is 5.74. The molecule has 1 aromatic heterocycles. The second-order valence-electron chi connectivity index (χ2n) is 3.17. The monoisotopic (exact) mass is 254 g/mol. The normalized spacial score (nSPS) is 10.5. The number of nitrogens with two attached hydrogens (primary N) is 1. The van der Waals surface area contributed by atoms with Gasteiger partial charge >= 0.3 is 5.97 Å². The third kappa shape index (κ3) is 3.88. The molecule has 0 aliphatic carbocycles. The van der Waals surface area contributed by atoms with E-state index in [1.807, 2.05) is 0 Å². The van der Waals surface area contributed by atoms with Gasteiger partial charge in [0.1, 0.15) is 5.15 Å². The van der Waals surface area contributed by atoms with Gasteiger partial charge in [-0.3, -0.25) is 4.79 Å². The number of hydrogen-bond donors (Lipinski definition) is 1. The molecule has 0 aliphatic heterocycles. The first kappa shape index (κ1) is 13.2. The van der Waals surface area contributed by atoms with Gasteiger partial charge in [0.25, 0.3) is 0 Å². The minimum absolute atomic E-state index is 0.0731. The molecule has 0 aliphatic rings. The summed E-state index contributed by atoms with van der Waals surface area (Å²) in [5.41, 5.74) is 5.79. The van der Waals surface area contributed by atoms with Gasteiger partial charge in [-0.15, -0.1) is 0 Å². The average molecular weight is 255 g/mol. The fourth-order valence-corrected chi connectivity index (χ4v) is 1.30. The van der Waals surface area contributed by atoms with Crippen molar-refractivity contribution in [2.24, 2.45) is 5.73 Å². The Hall–Kier alpha value is -1.88. The number of halogens is 1. The van der Waals surface area contributed by atoms with Crippen LogP contribution in [0.3, 0.4) is 0 Å². The standard InChI is InChI=1S/C11H11ClN2O3/c1-17-11(16)8-5-7(6-14-10(8)12)3-2-4-9(13)15/h2-3,5-6H,4H2,1H3,(H2,13,15). The summed E-state index contributed by atoms with van der Waals surface area (Å²) in [6.07, 6.45) is 4.80. The first-order chi connectivity index (χ1) is 8.04. The molecule has 0 bridgehead atoms. The Morgan fingerprint density at radius 1 is 1.59 bits per heavy atom. The van der Waals surface area contributed by atoms with Gasteiger partial charge < -0.3 is 10.5 Å². The molecule has 0 fully saturated rings. The number of aromatic nitrogens is 1. The van der Waals surface area contributed by atoms with Gasteiger partial charge in [-0.05, 0) is 11.6 Å². The van der Waals surface area contributed by atoms with Crippen LogP contribution in [0.4, 0.5) is 0 Å². The van der Waals surface area contributed by atoms with E-state index >= 15 is 0 Å². The zero-order valence-corrected chi connectivity index (χ0v) is 9.90. The van der Waals surface area contributed by atoms with Crippen LogP contribution in [0.5, 0.6) is 0 Å². The Labute approximate surface area is 103 Å². The molecule has 0 radical (unpaired) electrons. The van der Waals surface area contributed by atoms with Crippen molar-refractivity contribution in [3.05, 3.63) is 34.6 Å². The highest BCUT2D eigenvalue weighted by atomic mass is 35.5. The predicted octanol–water partition coefficient (Wildman–Crippen LogP) is 1.41. The number of pyridine rings is 1. The highest BCUT2D eigenvalue weighted by molar-refractivity contribution is 6.32. The maximum absolute atomic E-state index is 11.3. The largest absolute Gasteiger partial charge is 0.465 e. The fourth-order valence-electron chi connectivity index (χ4n) is 1.12. The average Bonchev–Trinajstić information content (AvgIpc) is 2.30. The van der Waals surface area contributed by atoms with Crippen LogP contribution in [-0.4, -0.2) is 24.0 Å². The van der Waals surface area contributed by atoms with E-state index < -0.39 is 11.9 Å². The van der Waals surface area contributed by atoms with E-state index in [2.05, 4.69) is 9.72 Å². The number of methoxy groups -OCH3 is 1. The zero-order chi connectivity index (χ0) is 12.8. The number of carbonyl (C=O) groups is 2. The third-order valence-corrected chi connectivity index (χ3v) is 2.20. The van der Waals surface area contributed by atoms with Crippen molar-refractivity contribution in [3.63, 3.8) is 0 Å². The van der Waals surface area contributed by atoms with Crippen molar-refractivity contribution < 1.29 is 14.3 Å². The summed E-state index contributed by atoms with van der Waals surface area (Å²) in [6.45, 7) is 0. The second kappa shape index (κ2) is 6.00. The molecule has 0 unspecified atom stereocenters. The van der Waals surface area contributed by atoms with Gasteiger partial charge in [0.05, 0.1) is 12.7 Å². The van der Waals surface area contributed by atoms with Crippen LogP contribution in [-0.2, 0) is 9.53 Å². The SMILES string of the molecule is COC(=O)c1cc(C=CCC(N)=O)cnc1Cl. The Balaban J connectivity index is 2.92. The Morgan fingerprint density at radius 2 is 2.29 bits per heavy atom. The summed E-state index contributed by atoms with van der Waals surface area (Å²) in [5.74, 6) is -0.996. The predicted molar refractivity (Wildman–Crippen MR) is 63.4 cm³/mol. The molecular formula is C11H11ClN2O3. The zero-order valence-electron chi connectivity index (χ0n) is 9.14. The molecule has 5 nitrogen and oxygen atoms in total. The Kier molecular flexibility index (Phi) is 4.66. The number of amides is 1.